The molecule has 25 heavy (non-hydrogen) atoms. The molecule has 2 aromatic carbocycles. The third kappa shape index (κ3) is 3.53. The molecule has 3 rings (SSSR count). The van der Waals surface area contributed by atoms with Crippen LogP contribution in [-0.2, 0) is 6.54 Å². The standard InChI is InChI=1S/C17H13F2N3O3/c18-14-2-1-3-15(19)17(14)16(23)10-21-9-12(8-20-21)11-4-6-13(7-5-11)22(24)25/h1-9,16,23H,10H2. The smallest absolute Gasteiger partial charge is 0.269 e. The van der Waals surface area contributed by atoms with E-state index in [-0.39, 0.29) is 12.2 Å². The van der Waals surface area contributed by atoms with Gasteiger partial charge in [0.25, 0.3) is 5.69 Å². The fraction of sp³-hybridized carbons (Fsp3) is 0.118. The van der Waals surface area contributed by atoms with Crippen molar-refractivity contribution in [3.63, 3.8) is 0 Å². The second kappa shape index (κ2) is 6.78. The maximum absolute atomic E-state index is 13.7. The first-order chi connectivity index (χ1) is 12.0. The number of hydrogen-bond donors (Lipinski definition) is 1. The van der Waals surface area contributed by atoms with E-state index in [1.54, 1.807) is 18.3 Å². The quantitative estimate of drug-likeness (QED) is 0.567. The van der Waals surface area contributed by atoms with Crippen molar-refractivity contribution >= 4 is 5.69 Å². The SMILES string of the molecule is O=[N+]([O-])c1ccc(-c2cnn(CC(O)c3c(F)cccc3F)c2)cc1. The Morgan fingerprint density at radius 3 is 2.36 bits per heavy atom. The van der Waals surface area contributed by atoms with Crippen molar-refractivity contribution in [1.82, 2.24) is 9.78 Å². The van der Waals surface area contributed by atoms with Crippen molar-refractivity contribution < 1.29 is 18.8 Å². The lowest BCUT2D eigenvalue weighted by molar-refractivity contribution is -0.384. The lowest BCUT2D eigenvalue weighted by Gasteiger charge is -2.12. The highest BCUT2D eigenvalue weighted by Gasteiger charge is 2.18. The number of halogens is 2. The average molecular weight is 345 g/mol. The molecule has 0 aliphatic rings. The molecule has 1 unspecified atom stereocenters. The summed E-state index contributed by atoms with van der Waals surface area (Å²) in [5.41, 5.74) is 0.927. The molecule has 6 nitrogen and oxygen atoms in total. The van der Waals surface area contributed by atoms with Crippen LogP contribution < -0.4 is 0 Å². The third-order valence-electron chi connectivity index (χ3n) is 3.74. The van der Waals surface area contributed by atoms with Gasteiger partial charge in [-0.05, 0) is 29.8 Å². The number of nitrogens with zero attached hydrogens (tertiary/aromatic N) is 3. The summed E-state index contributed by atoms with van der Waals surface area (Å²) < 4.78 is 28.7. The minimum absolute atomic E-state index is 0.0263. The number of aromatic nitrogens is 2. The highest BCUT2D eigenvalue weighted by molar-refractivity contribution is 5.63. The fourth-order valence-electron chi connectivity index (χ4n) is 2.49. The summed E-state index contributed by atoms with van der Waals surface area (Å²) in [5, 5.41) is 24.8. The van der Waals surface area contributed by atoms with Crippen molar-refractivity contribution in [3.8, 4) is 11.1 Å². The molecule has 1 heterocycles. The molecule has 0 aliphatic heterocycles. The van der Waals surface area contributed by atoms with Crippen LogP contribution in [0.1, 0.15) is 11.7 Å². The van der Waals surface area contributed by atoms with E-state index >= 15 is 0 Å². The number of non-ortho nitro benzene ring substituents is 1. The van der Waals surface area contributed by atoms with Crippen LogP contribution in [0.5, 0.6) is 0 Å². The molecule has 128 valence electrons. The number of aliphatic hydroxyl groups excluding tert-OH is 1. The van der Waals surface area contributed by atoms with Crippen molar-refractivity contribution in [2.45, 2.75) is 12.6 Å². The zero-order valence-electron chi connectivity index (χ0n) is 12.8. The van der Waals surface area contributed by atoms with Gasteiger partial charge >= 0.3 is 0 Å². The molecule has 0 saturated carbocycles. The summed E-state index contributed by atoms with van der Waals surface area (Å²) in [7, 11) is 0. The van der Waals surface area contributed by atoms with Gasteiger partial charge in [0.2, 0.25) is 0 Å². The molecule has 0 amide bonds. The van der Waals surface area contributed by atoms with Crippen LogP contribution in [0.25, 0.3) is 11.1 Å². The van der Waals surface area contributed by atoms with E-state index < -0.39 is 28.2 Å². The molecule has 0 fully saturated rings. The van der Waals surface area contributed by atoms with E-state index in [0.717, 1.165) is 12.1 Å². The molecule has 3 aromatic rings. The Kier molecular flexibility index (Phi) is 4.53. The van der Waals surface area contributed by atoms with Crippen LogP contribution >= 0.6 is 0 Å². The first-order valence-electron chi connectivity index (χ1n) is 7.35. The zero-order valence-corrected chi connectivity index (χ0v) is 12.8. The Balaban J connectivity index is 1.78. The monoisotopic (exact) mass is 345 g/mol. The first-order valence-corrected chi connectivity index (χ1v) is 7.35. The van der Waals surface area contributed by atoms with E-state index in [9.17, 15) is 24.0 Å². The van der Waals surface area contributed by atoms with Crippen LogP contribution in [0.2, 0.25) is 0 Å². The van der Waals surface area contributed by atoms with Gasteiger partial charge in [-0.15, -0.1) is 0 Å². The Morgan fingerprint density at radius 2 is 1.76 bits per heavy atom. The predicted octanol–water partition coefficient (Wildman–Crippen LogP) is 3.47. The van der Waals surface area contributed by atoms with E-state index in [0.29, 0.717) is 11.1 Å². The Bertz CT molecular complexity index is 890. The largest absolute Gasteiger partial charge is 0.386 e. The van der Waals surface area contributed by atoms with Gasteiger partial charge in [0.15, 0.2) is 0 Å². The molecule has 1 N–H and O–H groups in total. The Hall–Kier alpha value is -3.13. The molecular weight excluding hydrogens is 332 g/mol. The van der Waals surface area contributed by atoms with E-state index in [4.69, 9.17) is 0 Å². The molecule has 0 aliphatic carbocycles. The minimum Gasteiger partial charge on any atom is -0.386 e. The first kappa shape index (κ1) is 16.7. The van der Waals surface area contributed by atoms with Crippen LogP contribution in [0.15, 0.2) is 54.9 Å². The topological polar surface area (TPSA) is 81.2 Å². The molecule has 0 radical (unpaired) electrons. The van der Waals surface area contributed by atoms with Gasteiger partial charge < -0.3 is 5.11 Å². The van der Waals surface area contributed by atoms with E-state index in [2.05, 4.69) is 5.10 Å². The van der Waals surface area contributed by atoms with Crippen LogP contribution in [0.3, 0.4) is 0 Å². The van der Waals surface area contributed by atoms with Crippen LogP contribution in [-0.4, -0.2) is 19.8 Å². The van der Waals surface area contributed by atoms with E-state index in [1.165, 1.54) is 29.1 Å². The minimum atomic E-state index is -1.40. The van der Waals surface area contributed by atoms with Gasteiger partial charge in [0.05, 0.1) is 23.2 Å². The summed E-state index contributed by atoms with van der Waals surface area (Å²) in [6.07, 6.45) is 1.69. The van der Waals surface area contributed by atoms with Gasteiger partial charge in [-0.2, -0.15) is 5.10 Å². The molecule has 1 atom stereocenters. The summed E-state index contributed by atoms with van der Waals surface area (Å²) in [4.78, 5) is 10.2. The highest BCUT2D eigenvalue weighted by Crippen LogP contribution is 2.24. The Morgan fingerprint density at radius 1 is 1.12 bits per heavy atom. The summed E-state index contributed by atoms with van der Waals surface area (Å²) in [5.74, 6) is -1.65. The summed E-state index contributed by atoms with van der Waals surface area (Å²) in [6.45, 7) is -0.134. The maximum Gasteiger partial charge on any atom is 0.269 e. The van der Waals surface area contributed by atoms with Crippen molar-refractivity contribution in [3.05, 3.63) is 82.2 Å². The molecule has 0 spiro atoms. The molecule has 0 saturated heterocycles. The number of hydrogen-bond acceptors (Lipinski definition) is 4. The fourth-order valence-corrected chi connectivity index (χ4v) is 2.49. The average Bonchev–Trinajstić information content (AvgIpc) is 3.03. The normalized spacial score (nSPS) is 12.1. The lowest BCUT2D eigenvalue weighted by Crippen LogP contribution is -2.12. The number of nitro groups is 1. The second-order valence-corrected chi connectivity index (χ2v) is 5.41. The Labute approximate surface area is 141 Å². The maximum atomic E-state index is 13.7. The van der Waals surface area contributed by atoms with Crippen LogP contribution in [0, 0.1) is 21.7 Å². The van der Waals surface area contributed by atoms with E-state index in [1.807, 2.05) is 0 Å². The number of rotatable bonds is 5. The van der Waals surface area contributed by atoms with Crippen molar-refractivity contribution in [2.24, 2.45) is 0 Å². The van der Waals surface area contributed by atoms with Gasteiger partial charge in [-0.1, -0.05) is 6.07 Å². The molecule has 0 bridgehead atoms. The molecule has 1 aromatic heterocycles. The van der Waals surface area contributed by atoms with Crippen molar-refractivity contribution in [1.29, 1.82) is 0 Å². The third-order valence-corrected chi connectivity index (χ3v) is 3.74. The van der Waals surface area contributed by atoms with Gasteiger partial charge in [-0.3, -0.25) is 14.8 Å². The highest BCUT2D eigenvalue weighted by atomic mass is 19.1. The second-order valence-electron chi connectivity index (χ2n) is 5.41. The van der Waals surface area contributed by atoms with Crippen LogP contribution in [0.4, 0.5) is 14.5 Å². The predicted molar refractivity (Wildman–Crippen MR) is 85.6 cm³/mol. The summed E-state index contributed by atoms with van der Waals surface area (Å²) >= 11 is 0. The zero-order chi connectivity index (χ0) is 18.0. The van der Waals surface area contributed by atoms with Gasteiger partial charge in [-0.25, -0.2) is 8.78 Å². The molecule has 8 heteroatoms. The van der Waals surface area contributed by atoms with Crippen molar-refractivity contribution in [2.75, 3.05) is 0 Å². The lowest BCUT2D eigenvalue weighted by atomic mass is 10.1. The number of aliphatic hydroxyl groups is 1. The summed E-state index contributed by atoms with van der Waals surface area (Å²) in [6, 6.07) is 9.27. The van der Waals surface area contributed by atoms with Gasteiger partial charge in [0, 0.05) is 23.9 Å². The number of benzene rings is 2. The molecular formula is C17H13F2N3O3. The van der Waals surface area contributed by atoms with Gasteiger partial charge in [0.1, 0.15) is 17.7 Å². The number of nitro benzene ring substituents is 1.